The molecule has 0 heterocycles. The third kappa shape index (κ3) is 4.59. The molecule has 5 heteroatoms. The zero-order valence-corrected chi connectivity index (χ0v) is 12.2. The molecule has 5 nitrogen and oxygen atoms in total. The fraction of sp³-hybridized carbons (Fsp3) is 0.400. The molecule has 0 atom stereocenters. The molecule has 0 saturated carbocycles. The number of hydrogen-bond donors (Lipinski definition) is 1. The zero-order chi connectivity index (χ0) is 15.0. The molecule has 0 fully saturated rings. The summed E-state index contributed by atoms with van der Waals surface area (Å²) < 4.78 is 15.7. The highest BCUT2D eigenvalue weighted by Gasteiger charge is 2.15. The van der Waals surface area contributed by atoms with Crippen molar-refractivity contribution in [2.75, 3.05) is 34.0 Å². The first-order chi connectivity index (χ1) is 9.60. The summed E-state index contributed by atoms with van der Waals surface area (Å²) in [4.78, 5) is 12.1. The van der Waals surface area contributed by atoms with Crippen molar-refractivity contribution < 1.29 is 19.0 Å². The Labute approximate surface area is 119 Å². The van der Waals surface area contributed by atoms with Gasteiger partial charge in [-0.15, -0.1) is 0 Å². The van der Waals surface area contributed by atoms with Crippen LogP contribution < -0.4 is 14.8 Å². The number of amides is 1. The standard InChI is InChI=1S/C15H21NO4/c1-11(2)10-20-9-8-16-15(17)12-6-5-7-13(18-3)14(12)19-4/h5-7H,1,8-10H2,2-4H3,(H,16,17). The van der Waals surface area contributed by atoms with Crippen molar-refractivity contribution in [2.24, 2.45) is 0 Å². The normalized spacial score (nSPS) is 9.95. The summed E-state index contributed by atoms with van der Waals surface area (Å²) in [5.41, 5.74) is 1.39. The van der Waals surface area contributed by atoms with E-state index in [1.807, 2.05) is 6.92 Å². The molecular weight excluding hydrogens is 258 g/mol. The molecule has 0 aliphatic rings. The summed E-state index contributed by atoms with van der Waals surface area (Å²) in [7, 11) is 3.04. The fourth-order valence-electron chi connectivity index (χ4n) is 1.64. The van der Waals surface area contributed by atoms with Gasteiger partial charge in [0.15, 0.2) is 11.5 Å². The van der Waals surface area contributed by atoms with E-state index in [-0.39, 0.29) is 5.91 Å². The number of carbonyl (C=O) groups excluding carboxylic acids is 1. The molecule has 0 aromatic heterocycles. The van der Waals surface area contributed by atoms with E-state index in [0.717, 1.165) is 5.57 Å². The van der Waals surface area contributed by atoms with Crippen LogP contribution in [0.25, 0.3) is 0 Å². The van der Waals surface area contributed by atoms with Crippen LogP contribution in [0, 0.1) is 0 Å². The van der Waals surface area contributed by atoms with Crippen LogP contribution in [0.4, 0.5) is 0 Å². The van der Waals surface area contributed by atoms with Crippen LogP contribution in [0.3, 0.4) is 0 Å². The molecule has 1 aromatic rings. The lowest BCUT2D eigenvalue weighted by molar-refractivity contribution is 0.0923. The molecule has 1 amide bonds. The second-order valence-corrected chi connectivity index (χ2v) is 4.31. The molecule has 0 aliphatic heterocycles. The van der Waals surface area contributed by atoms with Gasteiger partial charge in [0.05, 0.1) is 33.0 Å². The Morgan fingerprint density at radius 2 is 2.05 bits per heavy atom. The van der Waals surface area contributed by atoms with E-state index in [1.165, 1.54) is 14.2 Å². The van der Waals surface area contributed by atoms with E-state index < -0.39 is 0 Å². The van der Waals surface area contributed by atoms with Gasteiger partial charge in [-0.1, -0.05) is 18.2 Å². The second kappa shape index (κ2) is 8.22. The minimum atomic E-state index is -0.223. The number of ether oxygens (including phenoxy) is 3. The van der Waals surface area contributed by atoms with Gasteiger partial charge in [0.2, 0.25) is 0 Å². The fourth-order valence-corrected chi connectivity index (χ4v) is 1.64. The summed E-state index contributed by atoms with van der Waals surface area (Å²) in [5.74, 6) is 0.730. The quantitative estimate of drug-likeness (QED) is 0.584. The van der Waals surface area contributed by atoms with Crippen molar-refractivity contribution in [3.05, 3.63) is 35.9 Å². The number of para-hydroxylation sites is 1. The van der Waals surface area contributed by atoms with Gasteiger partial charge in [0.1, 0.15) is 0 Å². The van der Waals surface area contributed by atoms with Crippen LogP contribution in [0.1, 0.15) is 17.3 Å². The smallest absolute Gasteiger partial charge is 0.255 e. The number of rotatable bonds is 8. The van der Waals surface area contributed by atoms with Crippen molar-refractivity contribution in [3.8, 4) is 11.5 Å². The molecular formula is C15H21NO4. The molecule has 0 unspecified atom stereocenters. The monoisotopic (exact) mass is 279 g/mol. The summed E-state index contributed by atoms with van der Waals surface area (Å²) in [6, 6.07) is 5.17. The van der Waals surface area contributed by atoms with E-state index in [4.69, 9.17) is 14.2 Å². The maximum Gasteiger partial charge on any atom is 0.255 e. The van der Waals surface area contributed by atoms with Crippen molar-refractivity contribution in [3.63, 3.8) is 0 Å². The zero-order valence-electron chi connectivity index (χ0n) is 12.2. The van der Waals surface area contributed by atoms with Gasteiger partial charge in [-0.25, -0.2) is 0 Å². The van der Waals surface area contributed by atoms with E-state index in [1.54, 1.807) is 18.2 Å². The van der Waals surface area contributed by atoms with E-state index in [9.17, 15) is 4.79 Å². The minimum Gasteiger partial charge on any atom is -0.493 e. The first kappa shape index (κ1) is 16.0. The number of methoxy groups -OCH3 is 2. The Balaban J connectivity index is 2.57. The highest BCUT2D eigenvalue weighted by molar-refractivity contribution is 5.97. The lowest BCUT2D eigenvalue weighted by Gasteiger charge is -2.12. The van der Waals surface area contributed by atoms with Crippen LogP contribution in [0.2, 0.25) is 0 Å². The van der Waals surface area contributed by atoms with Crippen LogP contribution in [0.5, 0.6) is 11.5 Å². The van der Waals surface area contributed by atoms with Crippen LogP contribution in [-0.4, -0.2) is 39.9 Å². The van der Waals surface area contributed by atoms with Crippen molar-refractivity contribution in [2.45, 2.75) is 6.92 Å². The highest BCUT2D eigenvalue weighted by atomic mass is 16.5. The topological polar surface area (TPSA) is 56.8 Å². The first-order valence-electron chi connectivity index (χ1n) is 6.31. The van der Waals surface area contributed by atoms with Gasteiger partial charge >= 0.3 is 0 Å². The average Bonchev–Trinajstić information content (AvgIpc) is 2.45. The molecule has 1 aromatic carbocycles. The number of carbonyl (C=O) groups is 1. The first-order valence-corrected chi connectivity index (χ1v) is 6.31. The van der Waals surface area contributed by atoms with Gasteiger partial charge in [0.25, 0.3) is 5.91 Å². The maximum absolute atomic E-state index is 12.1. The number of hydrogen-bond acceptors (Lipinski definition) is 4. The summed E-state index contributed by atoms with van der Waals surface area (Å²) in [6.07, 6.45) is 0. The number of benzene rings is 1. The molecule has 0 spiro atoms. The Bertz CT molecular complexity index is 471. The molecule has 110 valence electrons. The Kier molecular flexibility index (Phi) is 6.59. The van der Waals surface area contributed by atoms with Crippen molar-refractivity contribution in [1.29, 1.82) is 0 Å². The lowest BCUT2D eigenvalue weighted by atomic mass is 10.1. The van der Waals surface area contributed by atoms with Crippen molar-refractivity contribution in [1.82, 2.24) is 5.32 Å². The maximum atomic E-state index is 12.1. The van der Waals surface area contributed by atoms with Crippen molar-refractivity contribution >= 4 is 5.91 Å². The Morgan fingerprint density at radius 1 is 1.30 bits per heavy atom. The second-order valence-electron chi connectivity index (χ2n) is 4.31. The molecule has 1 rings (SSSR count). The molecule has 0 bridgehead atoms. The summed E-state index contributed by atoms with van der Waals surface area (Å²) in [5, 5.41) is 2.77. The highest BCUT2D eigenvalue weighted by Crippen LogP contribution is 2.30. The lowest BCUT2D eigenvalue weighted by Crippen LogP contribution is -2.27. The van der Waals surface area contributed by atoms with Crippen LogP contribution in [0.15, 0.2) is 30.4 Å². The van der Waals surface area contributed by atoms with Crippen LogP contribution in [-0.2, 0) is 4.74 Å². The summed E-state index contributed by atoms with van der Waals surface area (Å²) in [6.45, 7) is 6.98. The predicted octanol–water partition coefficient (Wildman–Crippen LogP) is 2.03. The van der Waals surface area contributed by atoms with E-state index in [2.05, 4.69) is 11.9 Å². The molecule has 20 heavy (non-hydrogen) atoms. The summed E-state index contributed by atoms with van der Waals surface area (Å²) >= 11 is 0. The SMILES string of the molecule is C=C(C)COCCNC(=O)c1cccc(OC)c1OC. The van der Waals surface area contributed by atoms with Gasteiger partial charge in [-0.3, -0.25) is 4.79 Å². The third-order valence-electron chi connectivity index (χ3n) is 2.53. The molecule has 0 radical (unpaired) electrons. The van der Waals surface area contributed by atoms with Crippen LogP contribution >= 0.6 is 0 Å². The number of nitrogens with one attached hydrogen (secondary N) is 1. The van der Waals surface area contributed by atoms with Gasteiger partial charge in [-0.2, -0.15) is 0 Å². The largest absolute Gasteiger partial charge is 0.493 e. The molecule has 1 N–H and O–H groups in total. The van der Waals surface area contributed by atoms with E-state index >= 15 is 0 Å². The van der Waals surface area contributed by atoms with Gasteiger partial charge < -0.3 is 19.5 Å². The van der Waals surface area contributed by atoms with Gasteiger partial charge in [0, 0.05) is 6.54 Å². The minimum absolute atomic E-state index is 0.223. The Morgan fingerprint density at radius 3 is 2.65 bits per heavy atom. The van der Waals surface area contributed by atoms with E-state index in [0.29, 0.717) is 36.8 Å². The molecule has 0 saturated heterocycles. The Hall–Kier alpha value is -2.01. The average molecular weight is 279 g/mol. The van der Waals surface area contributed by atoms with Gasteiger partial charge in [-0.05, 0) is 19.1 Å². The third-order valence-corrected chi connectivity index (χ3v) is 2.53. The predicted molar refractivity (Wildman–Crippen MR) is 77.5 cm³/mol. The molecule has 0 aliphatic carbocycles.